The molecule has 12 nitrogen and oxygen atoms in total. The molecule has 3 rings (SSSR count). The SMILES string of the molecule is [B]C12[B]C13CCC(CC(O)(O)/C(N)=N/NN)CC3CC(C(=O)OCCCOC(=O)N(CC)CC)N2. The molecule has 3 radical (unpaired) electrons. The standard InChI is InChI=1S/C21H37B2N6O6/c1-3-29(4-2)18(31)35-9-5-8-34-16(30)15-11-14-10-13(12-20(32,33)17(24)27-28-25)6-7-19(14)21(22,23-19)26-15/h13-15,26,28,32-33H,3-12,25H2,1-2H3,(H2,24,27). The van der Waals surface area contributed by atoms with E-state index in [-0.39, 0.29) is 42.9 Å². The molecular weight excluding hydrogens is 454 g/mol. The highest BCUT2D eigenvalue weighted by Gasteiger charge is 2.71. The van der Waals surface area contributed by atoms with Crippen molar-refractivity contribution in [1.82, 2.24) is 15.8 Å². The van der Waals surface area contributed by atoms with Crippen LogP contribution < -0.4 is 22.4 Å². The van der Waals surface area contributed by atoms with Crippen molar-refractivity contribution in [2.24, 2.45) is 28.5 Å². The number of nitrogens with zero attached hydrogens (tertiary/aromatic N) is 2. The second kappa shape index (κ2) is 10.9. The van der Waals surface area contributed by atoms with Crippen molar-refractivity contribution in [3.8, 4) is 0 Å². The first-order valence-electron chi connectivity index (χ1n) is 12.3. The summed E-state index contributed by atoms with van der Waals surface area (Å²) >= 11 is 0. The molecule has 0 aromatic heterocycles. The van der Waals surface area contributed by atoms with Gasteiger partial charge in [0.05, 0.1) is 21.1 Å². The number of amides is 1. The largest absolute Gasteiger partial charge is 0.464 e. The van der Waals surface area contributed by atoms with E-state index in [2.05, 4.69) is 17.7 Å². The second-order valence-electron chi connectivity index (χ2n) is 9.78. The minimum absolute atomic E-state index is 0.00289. The van der Waals surface area contributed by atoms with E-state index in [0.717, 1.165) is 12.8 Å². The maximum Gasteiger partial charge on any atom is 0.409 e. The Hall–Kier alpha value is -2.02. The van der Waals surface area contributed by atoms with Crippen molar-refractivity contribution in [3.63, 3.8) is 0 Å². The highest BCUT2D eigenvalue weighted by molar-refractivity contribution is 6.72. The zero-order valence-corrected chi connectivity index (χ0v) is 20.5. The Balaban J connectivity index is 1.49. The van der Waals surface area contributed by atoms with Crippen LogP contribution in [0.1, 0.15) is 52.4 Å². The molecule has 5 unspecified atom stereocenters. The van der Waals surface area contributed by atoms with Gasteiger partial charge in [0, 0.05) is 25.9 Å². The number of hydrogen-bond acceptors (Lipinski definition) is 10. The smallest absolute Gasteiger partial charge is 0.409 e. The van der Waals surface area contributed by atoms with Gasteiger partial charge < -0.3 is 35.6 Å². The van der Waals surface area contributed by atoms with Gasteiger partial charge in [-0.2, -0.15) is 0 Å². The van der Waals surface area contributed by atoms with Crippen LogP contribution in [0.15, 0.2) is 5.10 Å². The normalized spacial score (nSPS) is 31.9. The molecule has 0 aromatic carbocycles. The van der Waals surface area contributed by atoms with Gasteiger partial charge in [-0.1, -0.05) is 18.2 Å². The van der Waals surface area contributed by atoms with Gasteiger partial charge in [0.1, 0.15) is 13.3 Å². The third kappa shape index (κ3) is 5.87. The van der Waals surface area contributed by atoms with Crippen LogP contribution in [0.3, 0.4) is 0 Å². The number of carbonyl (C=O) groups excluding carboxylic acids is 2. The lowest BCUT2D eigenvalue weighted by atomic mass is 9.60. The number of nitrogens with one attached hydrogen (secondary N) is 2. The first kappa shape index (κ1) is 27.6. The number of nitrogens with two attached hydrogens (primary N) is 2. The van der Waals surface area contributed by atoms with Crippen molar-refractivity contribution < 1.29 is 29.3 Å². The Bertz CT molecular complexity index is 815. The number of rotatable bonds is 11. The summed E-state index contributed by atoms with van der Waals surface area (Å²) in [6, 6.07) is -0.574. The number of piperidine rings is 1. The average Bonchev–Trinajstić information content (AvgIpc) is 3.42. The van der Waals surface area contributed by atoms with Gasteiger partial charge in [-0.3, -0.25) is 4.79 Å². The molecule has 2 saturated heterocycles. The number of esters is 1. The molecule has 3 fully saturated rings. The maximum absolute atomic E-state index is 12.7. The van der Waals surface area contributed by atoms with Crippen LogP contribution in [-0.4, -0.2) is 91.6 Å². The fourth-order valence-corrected chi connectivity index (χ4v) is 5.67. The van der Waals surface area contributed by atoms with Crippen molar-refractivity contribution in [3.05, 3.63) is 0 Å². The highest BCUT2D eigenvalue weighted by Crippen LogP contribution is 2.69. The number of hydrogen-bond donors (Lipinski definition) is 6. The van der Waals surface area contributed by atoms with Gasteiger partial charge >= 0.3 is 12.1 Å². The number of hydrazone groups is 1. The molecule has 1 spiro atoms. The van der Waals surface area contributed by atoms with E-state index in [1.54, 1.807) is 4.90 Å². The van der Waals surface area contributed by atoms with Crippen LogP contribution in [0.25, 0.3) is 0 Å². The Morgan fingerprint density at radius 1 is 1.29 bits per heavy atom. The Labute approximate surface area is 208 Å². The van der Waals surface area contributed by atoms with Crippen LogP contribution in [0, 0.1) is 11.8 Å². The predicted molar refractivity (Wildman–Crippen MR) is 130 cm³/mol. The van der Waals surface area contributed by atoms with Gasteiger partial charge in [-0.05, 0) is 43.9 Å². The average molecular weight is 491 g/mol. The van der Waals surface area contributed by atoms with Crippen LogP contribution in [0.4, 0.5) is 4.79 Å². The molecule has 2 aliphatic heterocycles. The minimum Gasteiger partial charge on any atom is -0.464 e. The third-order valence-electron chi connectivity index (χ3n) is 7.65. The van der Waals surface area contributed by atoms with E-state index in [9.17, 15) is 19.8 Å². The van der Waals surface area contributed by atoms with Gasteiger partial charge in [0.15, 0.2) is 5.84 Å². The van der Waals surface area contributed by atoms with Gasteiger partial charge in [-0.25, -0.2) is 16.2 Å². The molecular formula is C21H37B2N6O6. The molecule has 1 aliphatic carbocycles. The summed E-state index contributed by atoms with van der Waals surface area (Å²) < 4.78 is 10.6. The lowest BCUT2D eigenvalue weighted by Crippen LogP contribution is -2.55. The first-order chi connectivity index (χ1) is 16.5. The zero-order chi connectivity index (χ0) is 25.9. The quantitative estimate of drug-likeness (QED) is 0.0296. The summed E-state index contributed by atoms with van der Waals surface area (Å²) in [5, 5.41) is 26.4. The summed E-state index contributed by atoms with van der Waals surface area (Å²) in [6.45, 7) is 5.19. The lowest BCUT2D eigenvalue weighted by molar-refractivity contribution is -0.148. The molecule has 14 heteroatoms. The number of carbonyl (C=O) groups is 2. The molecule has 5 atom stereocenters. The molecule has 193 valence electrons. The van der Waals surface area contributed by atoms with Crippen LogP contribution in [0.5, 0.6) is 0 Å². The third-order valence-corrected chi connectivity index (χ3v) is 7.65. The fourth-order valence-electron chi connectivity index (χ4n) is 5.67. The molecule has 1 saturated carbocycles. The fraction of sp³-hybridized carbons (Fsp3) is 0.857. The van der Waals surface area contributed by atoms with E-state index in [4.69, 9.17) is 28.9 Å². The van der Waals surface area contributed by atoms with Gasteiger partial charge in [-0.15, -0.1) is 5.10 Å². The van der Waals surface area contributed by atoms with Gasteiger partial charge in [0.2, 0.25) is 5.79 Å². The summed E-state index contributed by atoms with van der Waals surface area (Å²) in [5.74, 6) is 2.04. The molecule has 0 bridgehead atoms. The summed E-state index contributed by atoms with van der Waals surface area (Å²) in [6.07, 6.45) is 2.72. The van der Waals surface area contributed by atoms with Crippen molar-refractivity contribution in [1.29, 1.82) is 0 Å². The van der Waals surface area contributed by atoms with E-state index >= 15 is 0 Å². The zero-order valence-electron chi connectivity index (χ0n) is 20.5. The number of amidine groups is 1. The molecule has 35 heavy (non-hydrogen) atoms. The van der Waals surface area contributed by atoms with E-state index in [0.29, 0.717) is 32.4 Å². The van der Waals surface area contributed by atoms with E-state index in [1.165, 1.54) is 0 Å². The second-order valence-corrected chi connectivity index (χ2v) is 9.78. The van der Waals surface area contributed by atoms with Crippen molar-refractivity contribution >= 4 is 33.0 Å². The van der Waals surface area contributed by atoms with Crippen LogP contribution >= 0.6 is 0 Å². The Morgan fingerprint density at radius 3 is 2.63 bits per heavy atom. The molecule has 0 aromatic rings. The summed E-state index contributed by atoms with van der Waals surface area (Å²) in [7, 11) is 8.61. The monoisotopic (exact) mass is 491 g/mol. The maximum atomic E-state index is 12.7. The van der Waals surface area contributed by atoms with Crippen LogP contribution in [0.2, 0.25) is 5.31 Å². The van der Waals surface area contributed by atoms with Crippen molar-refractivity contribution in [2.45, 2.75) is 74.9 Å². The minimum atomic E-state index is -2.28. The molecule has 1 amide bonds. The number of aliphatic hydroxyl groups is 2. The number of ether oxygens (including phenoxy) is 2. The number of hydrazine groups is 1. The molecule has 3 aliphatic rings. The Kier molecular flexibility index (Phi) is 8.61. The van der Waals surface area contributed by atoms with Crippen LogP contribution in [-0.2, 0) is 14.3 Å². The first-order valence-corrected chi connectivity index (χ1v) is 12.3. The van der Waals surface area contributed by atoms with Gasteiger partial charge in [0.25, 0.3) is 0 Å². The highest BCUT2D eigenvalue weighted by atomic mass is 16.6. The molecule has 8 N–H and O–H groups in total. The predicted octanol–water partition coefficient (Wildman–Crippen LogP) is -1.32. The Morgan fingerprint density at radius 2 is 1.97 bits per heavy atom. The van der Waals surface area contributed by atoms with E-state index in [1.807, 2.05) is 19.4 Å². The summed E-state index contributed by atoms with van der Waals surface area (Å²) in [4.78, 5) is 26.2. The topological polar surface area (TPSA) is 185 Å². The molecule has 2 heterocycles. The van der Waals surface area contributed by atoms with Crippen molar-refractivity contribution in [2.75, 3.05) is 26.3 Å². The summed E-state index contributed by atoms with van der Waals surface area (Å²) in [5.41, 5.74) is 7.59. The van der Waals surface area contributed by atoms with E-state index < -0.39 is 29.0 Å². The lowest BCUT2D eigenvalue weighted by Gasteiger charge is -2.47.